The van der Waals surface area contributed by atoms with Crippen molar-refractivity contribution >= 4 is 21.9 Å². The quantitative estimate of drug-likeness (QED) is 0.423. The van der Waals surface area contributed by atoms with Crippen LogP contribution in [0.5, 0.6) is 0 Å². The predicted octanol–water partition coefficient (Wildman–Crippen LogP) is 5.55. The molecule has 0 amide bonds. The minimum Gasteiger partial charge on any atom is -0.276 e. The first kappa shape index (κ1) is 14.8. The number of fused-ring (bicyclic) bond motifs is 2. The number of rotatable bonds is 2. The second kappa shape index (κ2) is 5.81. The topological polar surface area (TPSA) is 30.7 Å². The number of hydrogen-bond acceptors (Lipinski definition) is 2. The van der Waals surface area contributed by atoms with E-state index in [1.165, 1.54) is 16.3 Å². The zero-order valence-corrected chi connectivity index (χ0v) is 14.4. The molecule has 0 N–H and O–H groups in total. The molecule has 0 fully saturated rings. The van der Waals surface area contributed by atoms with Crippen molar-refractivity contribution in [3.8, 4) is 17.1 Å². The normalized spacial score (nSPS) is 11.3. The molecule has 5 rings (SSSR count). The third kappa shape index (κ3) is 2.29. The average molecular weight is 335 g/mol. The molecule has 0 bridgehead atoms. The lowest BCUT2D eigenvalue weighted by Gasteiger charge is -2.12. The van der Waals surface area contributed by atoms with Gasteiger partial charge >= 0.3 is 0 Å². The number of nitrogens with zero attached hydrogens (tertiary/aromatic N) is 3. The SMILES string of the molecule is Cc1ccc(-c2nc3cccnc3n2-c2cccc3ccccc23)cc1. The van der Waals surface area contributed by atoms with Crippen LogP contribution in [0.15, 0.2) is 85.1 Å². The summed E-state index contributed by atoms with van der Waals surface area (Å²) in [5, 5.41) is 2.39. The van der Waals surface area contributed by atoms with Gasteiger partial charge in [0.05, 0.1) is 5.69 Å². The summed E-state index contributed by atoms with van der Waals surface area (Å²) in [4.78, 5) is 9.52. The standard InChI is InChI=1S/C23H17N3/c1-16-11-13-18(14-12-16)22-25-20-9-5-15-24-23(20)26(22)21-10-4-7-17-6-2-3-8-19(17)21/h2-15H,1H3. The highest BCUT2D eigenvalue weighted by molar-refractivity contribution is 5.93. The molecule has 124 valence electrons. The highest BCUT2D eigenvalue weighted by atomic mass is 15.1. The van der Waals surface area contributed by atoms with Crippen molar-refractivity contribution in [1.82, 2.24) is 14.5 Å². The van der Waals surface area contributed by atoms with Crippen molar-refractivity contribution in [3.05, 3.63) is 90.6 Å². The van der Waals surface area contributed by atoms with Crippen molar-refractivity contribution in [1.29, 1.82) is 0 Å². The van der Waals surface area contributed by atoms with E-state index in [0.29, 0.717) is 0 Å². The van der Waals surface area contributed by atoms with Gasteiger partial charge in [0.2, 0.25) is 0 Å². The Hall–Kier alpha value is -3.46. The second-order valence-corrected chi connectivity index (χ2v) is 6.48. The number of aromatic nitrogens is 3. The Morgan fingerprint density at radius 3 is 2.46 bits per heavy atom. The van der Waals surface area contributed by atoms with Crippen LogP contribution >= 0.6 is 0 Å². The van der Waals surface area contributed by atoms with Crippen molar-refractivity contribution in [3.63, 3.8) is 0 Å². The van der Waals surface area contributed by atoms with Crippen LogP contribution in [0.25, 0.3) is 39.0 Å². The average Bonchev–Trinajstić information content (AvgIpc) is 3.07. The second-order valence-electron chi connectivity index (χ2n) is 6.48. The van der Waals surface area contributed by atoms with Crippen molar-refractivity contribution in [2.75, 3.05) is 0 Å². The Kier molecular flexibility index (Phi) is 3.32. The van der Waals surface area contributed by atoms with Gasteiger partial charge in [-0.2, -0.15) is 0 Å². The molecule has 2 heterocycles. The molecular formula is C23H17N3. The van der Waals surface area contributed by atoms with Crippen LogP contribution in [-0.2, 0) is 0 Å². The molecule has 0 aliphatic heterocycles. The molecule has 0 aliphatic rings. The number of pyridine rings is 1. The van der Waals surface area contributed by atoms with E-state index in [2.05, 4.69) is 83.2 Å². The Labute approximate surface area is 151 Å². The van der Waals surface area contributed by atoms with Gasteiger partial charge in [0.25, 0.3) is 0 Å². The van der Waals surface area contributed by atoms with Crippen molar-refractivity contribution in [2.45, 2.75) is 6.92 Å². The highest BCUT2D eigenvalue weighted by Gasteiger charge is 2.16. The Bertz CT molecular complexity index is 1230. The maximum absolute atomic E-state index is 4.90. The van der Waals surface area contributed by atoms with Crippen molar-refractivity contribution in [2.24, 2.45) is 0 Å². The summed E-state index contributed by atoms with van der Waals surface area (Å²) in [5.74, 6) is 0.912. The minimum absolute atomic E-state index is 0.874. The molecule has 3 nitrogen and oxygen atoms in total. The van der Waals surface area contributed by atoms with Gasteiger partial charge in [-0.05, 0) is 30.5 Å². The van der Waals surface area contributed by atoms with Crippen LogP contribution in [0.3, 0.4) is 0 Å². The molecule has 0 aliphatic carbocycles. The van der Waals surface area contributed by atoms with E-state index in [9.17, 15) is 0 Å². The first-order chi connectivity index (χ1) is 12.8. The van der Waals surface area contributed by atoms with E-state index in [0.717, 1.165) is 28.2 Å². The number of imidazole rings is 1. The Morgan fingerprint density at radius 2 is 1.58 bits per heavy atom. The van der Waals surface area contributed by atoms with Crippen LogP contribution in [-0.4, -0.2) is 14.5 Å². The monoisotopic (exact) mass is 335 g/mol. The van der Waals surface area contributed by atoms with Crippen LogP contribution in [0.4, 0.5) is 0 Å². The van der Waals surface area contributed by atoms with E-state index in [4.69, 9.17) is 4.98 Å². The summed E-state index contributed by atoms with van der Waals surface area (Å²) >= 11 is 0. The fourth-order valence-electron chi connectivity index (χ4n) is 3.44. The van der Waals surface area contributed by atoms with E-state index in [1.54, 1.807) is 0 Å². The lowest BCUT2D eigenvalue weighted by molar-refractivity contribution is 1.09. The van der Waals surface area contributed by atoms with Crippen LogP contribution in [0.1, 0.15) is 5.56 Å². The lowest BCUT2D eigenvalue weighted by Crippen LogP contribution is -1.99. The number of aryl methyl sites for hydroxylation is 1. The Balaban J connectivity index is 1.89. The molecule has 3 heteroatoms. The molecular weight excluding hydrogens is 318 g/mol. The summed E-state index contributed by atoms with van der Waals surface area (Å²) < 4.78 is 2.17. The minimum atomic E-state index is 0.874. The van der Waals surface area contributed by atoms with E-state index >= 15 is 0 Å². The smallest absolute Gasteiger partial charge is 0.164 e. The molecule has 0 atom stereocenters. The molecule has 0 saturated carbocycles. The molecule has 2 aromatic heterocycles. The summed E-state index contributed by atoms with van der Waals surface area (Å²) in [5.41, 5.74) is 5.19. The predicted molar refractivity (Wildman–Crippen MR) is 107 cm³/mol. The maximum atomic E-state index is 4.90. The summed E-state index contributed by atoms with van der Waals surface area (Å²) in [6, 6.07) is 27.2. The largest absolute Gasteiger partial charge is 0.276 e. The molecule has 0 unspecified atom stereocenters. The molecule has 26 heavy (non-hydrogen) atoms. The Morgan fingerprint density at radius 1 is 0.769 bits per heavy atom. The van der Waals surface area contributed by atoms with Crippen LogP contribution < -0.4 is 0 Å². The molecule has 0 radical (unpaired) electrons. The van der Waals surface area contributed by atoms with E-state index in [-0.39, 0.29) is 0 Å². The van der Waals surface area contributed by atoms with E-state index < -0.39 is 0 Å². The fraction of sp³-hybridized carbons (Fsp3) is 0.0435. The number of benzene rings is 3. The first-order valence-corrected chi connectivity index (χ1v) is 8.70. The summed E-state index contributed by atoms with van der Waals surface area (Å²) in [6.07, 6.45) is 1.82. The van der Waals surface area contributed by atoms with E-state index in [1.807, 2.05) is 18.3 Å². The maximum Gasteiger partial charge on any atom is 0.164 e. The fourth-order valence-corrected chi connectivity index (χ4v) is 3.44. The van der Waals surface area contributed by atoms with Gasteiger partial charge in [0.1, 0.15) is 11.3 Å². The van der Waals surface area contributed by atoms with Gasteiger partial charge in [-0.25, -0.2) is 9.97 Å². The third-order valence-electron chi connectivity index (χ3n) is 4.73. The van der Waals surface area contributed by atoms with Gasteiger partial charge < -0.3 is 0 Å². The lowest BCUT2D eigenvalue weighted by atomic mass is 10.1. The van der Waals surface area contributed by atoms with Crippen molar-refractivity contribution < 1.29 is 0 Å². The van der Waals surface area contributed by atoms with Gasteiger partial charge in [-0.3, -0.25) is 4.57 Å². The number of hydrogen-bond donors (Lipinski definition) is 0. The molecule has 0 spiro atoms. The van der Waals surface area contributed by atoms with Crippen LogP contribution in [0, 0.1) is 6.92 Å². The molecule has 5 aromatic rings. The summed E-state index contributed by atoms with van der Waals surface area (Å²) in [7, 11) is 0. The highest BCUT2D eigenvalue weighted by Crippen LogP contribution is 2.31. The zero-order valence-electron chi connectivity index (χ0n) is 14.4. The third-order valence-corrected chi connectivity index (χ3v) is 4.73. The van der Waals surface area contributed by atoms with Gasteiger partial charge in [0, 0.05) is 17.1 Å². The zero-order chi connectivity index (χ0) is 17.5. The molecule has 3 aromatic carbocycles. The summed E-state index contributed by atoms with van der Waals surface area (Å²) in [6.45, 7) is 2.10. The van der Waals surface area contributed by atoms with Crippen LogP contribution in [0.2, 0.25) is 0 Å². The molecule has 0 saturated heterocycles. The van der Waals surface area contributed by atoms with Gasteiger partial charge in [-0.1, -0.05) is 66.2 Å². The first-order valence-electron chi connectivity index (χ1n) is 8.70. The van der Waals surface area contributed by atoms with Gasteiger partial charge in [-0.15, -0.1) is 0 Å². The van der Waals surface area contributed by atoms with Gasteiger partial charge in [0.15, 0.2) is 5.65 Å².